The van der Waals surface area contributed by atoms with E-state index in [-0.39, 0.29) is 12.1 Å². The van der Waals surface area contributed by atoms with E-state index in [4.69, 9.17) is 13.8 Å². The highest BCUT2D eigenvalue weighted by Gasteiger charge is 2.28. The van der Waals surface area contributed by atoms with Crippen molar-refractivity contribution < 1.29 is 23.1 Å². The molecule has 0 heterocycles. The van der Waals surface area contributed by atoms with E-state index < -0.39 is 13.7 Å². The van der Waals surface area contributed by atoms with Crippen molar-refractivity contribution in [3.05, 3.63) is 0 Å². The first kappa shape index (κ1) is 18.6. The van der Waals surface area contributed by atoms with Crippen molar-refractivity contribution >= 4 is 13.6 Å². The van der Waals surface area contributed by atoms with Crippen LogP contribution in [0.1, 0.15) is 53.4 Å². The summed E-state index contributed by atoms with van der Waals surface area (Å²) in [7, 11) is -3.17. The largest absolute Gasteiger partial charge is 0.462 e. The Morgan fingerprint density at radius 1 is 1.11 bits per heavy atom. The molecule has 0 saturated carbocycles. The van der Waals surface area contributed by atoms with Gasteiger partial charge in [0.15, 0.2) is 0 Å². The molecule has 0 aliphatic carbocycles. The van der Waals surface area contributed by atoms with Crippen LogP contribution in [0.15, 0.2) is 0 Å². The molecule has 0 saturated heterocycles. The lowest BCUT2D eigenvalue weighted by Gasteiger charge is -2.21. The van der Waals surface area contributed by atoms with E-state index in [9.17, 15) is 9.36 Å². The Morgan fingerprint density at radius 2 is 1.58 bits per heavy atom. The fraction of sp³-hybridized carbons (Fsp3) is 0.923. The average Bonchev–Trinajstić information content (AvgIpc) is 2.28. The van der Waals surface area contributed by atoms with Crippen LogP contribution >= 0.6 is 7.60 Å². The maximum Gasteiger partial charge on any atom is 0.334 e. The van der Waals surface area contributed by atoms with Crippen LogP contribution in [0, 0.1) is 0 Å². The Labute approximate surface area is 116 Å². The molecule has 0 aromatic carbocycles. The molecule has 0 aliphatic heterocycles. The van der Waals surface area contributed by atoms with E-state index in [1.54, 1.807) is 6.92 Å². The molecular weight excluding hydrogens is 267 g/mol. The van der Waals surface area contributed by atoms with Crippen molar-refractivity contribution in [2.45, 2.75) is 59.5 Å². The Morgan fingerprint density at radius 3 is 1.95 bits per heavy atom. The number of rotatable bonds is 11. The van der Waals surface area contributed by atoms with Gasteiger partial charge in [-0.15, -0.1) is 0 Å². The number of ether oxygens (including phenoxy) is 1. The third-order valence-electron chi connectivity index (χ3n) is 2.42. The van der Waals surface area contributed by atoms with Crippen molar-refractivity contribution in [1.29, 1.82) is 0 Å². The summed E-state index contributed by atoms with van der Waals surface area (Å²) in [6.07, 6.45) is 3.25. The number of hydrogen-bond donors (Lipinski definition) is 0. The zero-order valence-corrected chi connectivity index (χ0v) is 13.4. The maximum absolute atomic E-state index is 12.5. The second-order valence-corrected chi connectivity index (χ2v) is 6.69. The van der Waals surface area contributed by atoms with Crippen LogP contribution in [-0.4, -0.2) is 31.4 Å². The van der Waals surface area contributed by atoms with Gasteiger partial charge in [-0.3, -0.25) is 9.36 Å². The Hall–Kier alpha value is -0.380. The highest BCUT2D eigenvalue weighted by atomic mass is 31.2. The fourth-order valence-electron chi connectivity index (χ4n) is 1.47. The van der Waals surface area contributed by atoms with Gasteiger partial charge in [0.1, 0.15) is 6.10 Å². The van der Waals surface area contributed by atoms with Gasteiger partial charge in [0, 0.05) is 6.92 Å². The van der Waals surface area contributed by atoms with Crippen LogP contribution in [0.3, 0.4) is 0 Å². The van der Waals surface area contributed by atoms with Crippen LogP contribution in [-0.2, 0) is 23.1 Å². The van der Waals surface area contributed by atoms with E-state index in [0.29, 0.717) is 13.2 Å². The van der Waals surface area contributed by atoms with Gasteiger partial charge in [0.25, 0.3) is 0 Å². The summed E-state index contributed by atoms with van der Waals surface area (Å²) in [4.78, 5) is 10.9. The van der Waals surface area contributed by atoms with Gasteiger partial charge in [0.2, 0.25) is 0 Å². The van der Waals surface area contributed by atoms with Gasteiger partial charge in [-0.25, -0.2) is 0 Å². The summed E-state index contributed by atoms with van der Waals surface area (Å²) in [6, 6.07) is 0. The topological polar surface area (TPSA) is 61.8 Å². The molecule has 0 aromatic heterocycles. The summed E-state index contributed by atoms with van der Waals surface area (Å²) >= 11 is 0. The first-order valence-corrected chi connectivity index (χ1v) is 8.71. The minimum Gasteiger partial charge on any atom is -0.462 e. The molecule has 0 radical (unpaired) electrons. The SMILES string of the molecule is CCCCOP(=O)(C[C@@H](C)OC(C)=O)OCCCC. The lowest BCUT2D eigenvalue weighted by atomic mass is 10.4. The summed E-state index contributed by atoms with van der Waals surface area (Å²) < 4.78 is 28.3. The molecule has 0 unspecified atom stereocenters. The summed E-state index contributed by atoms with van der Waals surface area (Å²) in [6.45, 7) is 7.92. The van der Waals surface area contributed by atoms with Gasteiger partial charge in [-0.2, -0.15) is 0 Å². The molecule has 0 amide bonds. The minimum absolute atomic E-state index is 0.111. The number of unbranched alkanes of at least 4 members (excludes halogenated alkanes) is 2. The number of carbonyl (C=O) groups excluding carboxylic acids is 1. The average molecular weight is 294 g/mol. The summed E-state index contributed by atoms with van der Waals surface area (Å²) in [5, 5.41) is 0. The normalized spacial score (nSPS) is 13.3. The van der Waals surface area contributed by atoms with Gasteiger partial charge in [-0.05, 0) is 19.8 Å². The van der Waals surface area contributed by atoms with Crippen LogP contribution in [0.25, 0.3) is 0 Å². The first-order valence-electron chi connectivity index (χ1n) is 6.99. The van der Waals surface area contributed by atoms with Gasteiger partial charge in [0.05, 0.1) is 19.4 Å². The number of carbonyl (C=O) groups is 1. The fourth-order valence-corrected chi connectivity index (χ4v) is 3.28. The summed E-state index contributed by atoms with van der Waals surface area (Å²) in [5.74, 6) is -0.388. The molecule has 6 heteroatoms. The standard InChI is InChI=1S/C13H27O5P/c1-5-7-9-16-19(15,17-10-8-6-2)11-12(3)18-13(4)14/h12H,5-11H2,1-4H3/t12-/m1/s1. The van der Waals surface area contributed by atoms with Gasteiger partial charge < -0.3 is 13.8 Å². The Bertz CT molecular complexity index is 279. The molecule has 114 valence electrons. The lowest BCUT2D eigenvalue weighted by Crippen LogP contribution is -2.19. The van der Waals surface area contributed by atoms with E-state index in [1.165, 1.54) is 6.92 Å². The lowest BCUT2D eigenvalue weighted by molar-refractivity contribution is -0.144. The number of esters is 1. The van der Waals surface area contributed by atoms with Crippen LogP contribution in [0.2, 0.25) is 0 Å². The summed E-state index contributed by atoms with van der Waals surface area (Å²) in [5.41, 5.74) is 0. The van der Waals surface area contributed by atoms with Crippen LogP contribution in [0.5, 0.6) is 0 Å². The third kappa shape index (κ3) is 10.1. The van der Waals surface area contributed by atoms with E-state index in [0.717, 1.165) is 25.7 Å². The van der Waals surface area contributed by atoms with E-state index >= 15 is 0 Å². The predicted molar refractivity (Wildman–Crippen MR) is 75.4 cm³/mol. The van der Waals surface area contributed by atoms with E-state index in [2.05, 4.69) is 0 Å². The van der Waals surface area contributed by atoms with Gasteiger partial charge in [-0.1, -0.05) is 26.7 Å². The molecule has 0 spiro atoms. The van der Waals surface area contributed by atoms with Crippen molar-refractivity contribution in [1.82, 2.24) is 0 Å². The first-order chi connectivity index (χ1) is 8.93. The highest BCUT2D eigenvalue weighted by molar-refractivity contribution is 7.53. The van der Waals surface area contributed by atoms with Crippen LogP contribution < -0.4 is 0 Å². The molecule has 0 bridgehead atoms. The molecule has 0 fully saturated rings. The third-order valence-corrected chi connectivity index (χ3v) is 4.53. The molecule has 0 rings (SSSR count). The Kier molecular flexibility index (Phi) is 10.2. The predicted octanol–water partition coefficient (Wildman–Crippen LogP) is 3.76. The molecule has 19 heavy (non-hydrogen) atoms. The second-order valence-electron chi connectivity index (χ2n) is 4.59. The van der Waals surface area contributed by atoms with Crippen molar-refractivity contribution in [3.63, 3.8) is 0 Å². The molecule has 0 aromatic rings. The molecule has 0 aliphatic rings. The van der Waals surface area contributed by atoms with E-state index in [1.807, 2.05) is 13.8 Å². The van der Waals surface area contributed by atoms with Crippen molar-refractivity contribution in [3.8, 4) is 0 Å². The molecule has 0 N–H and O–H groups in total. The van der Waals surface area contributed by atoms with Crippen LogP contribution in [0.4, 0.5) is 0 Å². The monoisotopic (exact) mass is 294 g/mol. The Balaban J connectivity index is 4.37. The van der Waals surface area contributed by atoms with Gasteiger partial charge >= 0.3 is 13.6 Å². The molecule has 5 nitrogen and oxygen atoms in total. The zero-order valence-electron chi connectivity index (χ0n) is 12.5. The van der Waals surface area contributed by atoms with Crippen molar-refractivity contribution in [2.24, 2.45) is 0 Å². The molecular formula is C13H27O5P. The second kappa shape index (κ2) is 10.4. The number of hydrogen-bond acceptors (Lipinski definition) is 5. The van der Waals surface area contributed by atoms with Crippen molar-refractivity contribution in [2.75, 3.05) is 19.4 Å². The highest BCUT2D eigenvalue weighted by Crippen LogP contribution is 2.49. The quantitative estimate of drug-likeness (QED) is 0.330. The molecule has 1 atom stereocenters. The maximum atomic E-state index is 12.5. The minimum atomic E-state index is -3.17. The zero-order chi connectivity index (χ0) is 14.7. The smallest absolute Gasteiger partial charge is 0.334 e.